The highest BCUT2D eigenvalue weighted by Gasteiger charge is 2.17. The predicted molar refractivity (Wildman–Crippen MR) is 111 cm³/mol. The summed E-state index contributed by atoms with van der Waals surface area (Å²) in [6.07, 6.45) is -0.674. The fourth-order valence-electron chi connectivity index (χ4n) is 2.82. The normalized spacial score (nSPS) is 13.1. The molecule has 0 saturated carbocycles. The van der Waals surface area contributed by atoms with Crippen molar-refractivity contribution in [3.05, 3.63) is 86.7 Å². The van der Waals surface area contributed by atoms with Crippen LogP contribution >= 0.6 is 22.7 Å². The summed E-state index contributed by atoms with van der Waals surface area (Å²) in [5.41, 5.74) is 0.852. The van der Waals surface area contributed by atoms with Crippen LogP contribution in [-0.4, -0.2) is 13.5 Å². The predicted octanol–water partition coefficient (Wildman–Crippen LogP) is 4.52. The molecule has 4 rings (SSSR count). The lowest BCUT2D eigenvalue weighted by atomic mass is 10.1. The molecule has 2 heterocycles. The topological polar surface area (TPSA) is 66.4 Å². The Hall–Kier alpha value is -2.03. The van der Waals surface area contributed by atoms with Gasteiger partial charge >= 0.3 is 0 Å². The quantitative estimate of drug-likeness (QED) is 0.486. The third-order valence-corrected chi connectivity index (χ3v) is 7.52. The molecule has 0 radical (unpaired) electrons. The van der Waals surface area contributed by atoms with Crippen LogP contribution in [0.3, 0.4) is 0 Å². The molecule has 0 aliphatic carbocycles. The molecule has 2 aromatic heterocycles. The van der Waals surface area contributed by atoms with Crippen molar-refractivity contribution in [1.29, 1.82) is 0 Å². The number of aliphatic hydroxyl groups is 1. The number of benzene rings is 2. The number of sulfonamides is 1. The Labute approximate surface area is 165 Å². The Morgan fingerprint density at radius 2 is 1.81 bits per heavy atom. The second kappa shape index (κ2) is 7.53. The van der Waals surface area contributed by atoms with Crippen molar-refractivity contribution in [2.75, 3.05) is 0 Å². The minimum Gasteiger partial charge on any atom is -0.383 e. The lowest BCUT2D eigenvalue weighted by molar-refractivity contribution is 0.224. The SMILES string of the molecule is O=S(=O)(NCc1ccc(C(O)c2ccsc2)s1)c1ccc2ccccc2c1. The average molecular weight is 416 g/mol. The van der Waals surface area contributed by atoms with Gasteiger partial charge in [-0.15, -0.1) is 11.3 Å². The van der Waals surface area contributed by atoms with Crippen LogP contribution in [0, 0.1) is 0 Å². The van der Waals surface area contributed by atoms with E-state index in [0.29, 0.717) is 0 Å². The highest BCUT2D eigenvalue weighted by Crippen LogP contribution is 2.30. The highest BCUT2D eigenvalue weighted by molar-refractivity contribution is 7.89. The fourth-order valence-corrected chi connectivity index (χ4v) is 5.59. The molecule has 0 amide bonds. The summed E-state index contributed by atoms with van der Waals surface area (Å²) >= 11 is 2.94. The number of hydrogen-bond acceptors (Lipinski definition) is 5. The molecule has 0 aliphatic rings. The zero-order valence-electron chi connectivity index (χ0n) is 14.2. The lowest BCUT2D eigenvalue weighted by Crippen LogP contribution is -2.22. The standard InChI is InChI=1S/C20H17NO3S3/c22-20(16-9-10-25-13-16)19-8-6-17(26-19)12-21-27(23,24)18-7-5-14-3-1-2-4-15(14)11-18/h1-11,13,20-22H,12H2. The van der Waals surface area contributed by atoms with E-state index in [1.165, 1.54) is 22.7 Å². The second-order valence-electron chi connectivity index (χ2n) is 6.10. The summed E-state index contributed by atoms with van der Waals surface area (Å²) in [5.74, 6) is 0. The van der Waals surface area contributed by atoms with Gasteiger partial charge in [0.2, 0.25) is 10.0 Å². The van der Waals surface area contributed by atoms with Crippen LogP contribution in [0.5, 0.6) is 0 Å². The van der Waals surface area contributed by atoms with Gasteiger partial charge in [-0.3, -0.25) is 0 Å². The zero-order chi connectivity index (χ0) is 18.9. The van der Waals surface area contributed by atoms with Gasteiger partial charge in [0.05, 0.1) is 4.90 Å². The molecule has 0 aliphatic heterocycles. The van der Waals surface area contributed by atoms with Crippen molar-refractivity contribution >= 4 is 43.5 Å². The van der Waals surface area contributed by atoms with Gasteiger partial charge in [-0.05, 0) is 57.4 Å². The molecule has 2 aromatic carbocycles. The van der Waals surface area contributed by atoms with E-state index in [-0.39, 0.29) is 11.4 Å². The highest BCUT2D eigenvalue weighted by atomic mass is 32.2. The molecule has 4 nitrogen and oxygen atoms in total. The molecule has 1 unspecified atom stereocenters. The minimum atomic E-state index is -3.61. The first kappa shape index (κ1) is 18.3. The number of nitrogens with one attached hydrogen (secondary N) is 1. The summed E-state index contributed by atoms with van der Waals surface area (Å²) < 4.78 is 27.9. The van der Waals surface area contributed by atoms with Crippen LogP contribution in [0.4, 0.5) is 0 Å². The maximum atomic E-state index is 12.6. The smallest absolute Gasteiger partial charge is 0.240 e. The van der Waals surface area contributed by atoms with E-state index in [4.69, 9.17) is 0 Å². The summed E-state index contributed by atoms with van der Waals surface area (Å²) in [5, 5.41) is 16.1. The van der Waals surface area contributed by atoms with E-state index in [1.54, 1.807) is 12.1 Å². The van der Waals surface area contributed by atoms with E-state index in [2.05, 4.69) is 4.72 Å². The monoisotopic (exact) mass is 415 g/mol. The van der Waals surface area contributed by atoms with Crippen molar-refractivity contribution in [2.24, 2.45) is 0 Å². The Morgan fingerprint density at radius 1 is 1.00 bits per heavy atom. The van der Waals surface area contributed by atoms with E-state index in [0.717, 1.165) is 26.1 Å². The molecule has 0 bridgehead atoms. The van der Waals surface area contributed by atoms with Crippen molar-refractivity contribution in [3.8, 4) is 0 Å². The van der Waals surface area contributed by atoms with Crippen molar-refractivity contribution in [1.82, 2.24) is 4.72 Å². The molecule has 0 saturated heterocycles. The van der Waals surface area contributed by atoms with Gasteiger partial charge < -0.3 is 5.11 Å². The zero-order valence-corrected chi connectivity index (χ0v) is 16.7. The fraction of sp³-hybridized carbons (Fsp3) is 0.100. The van der Waals surface area contributed by atoms with E-state index in [1.807, 2.05) is 59.3 Å². The number of aliphatic hydroxyl groups excluding tert-OH is 1. The van der Waals surface area contributed by atoms with Gasteiger partial charge in [0.15, 0.2) is 0 Å². The molecule has 138 valence electrons. The molecular formula is C20H17NO3S3. The lowest BCUT2D eigenvalue weighted by Gasteiger charge is -2.07. The second-order valence-corrected chi connectivity index (χ2v) is 9.84. The molecule has 2 N–H and O–H groups in total. The summed E-state index contributed by atoms with van der Waals surface area (Å²) in [7, 11) is -3.61. The summed E-state index contributed by atoms with van der Waals surface area (Å²) in [6.45, 7) is 0.191. The minimum absolute atomic E-state index is 0.191. The molecule has 27 heavy (non-hydrogen) atoms. The third kappa shape index (κ3) is 3.97. The van der Waals surface area contributed by atoms with Gasteiger partial charge in [-0.25, -0.2) is 13.1 Å². The Morgan fingerprint density at radius 3 is 2.59 bits per heavy atom. The Kier molecular flexibility index (Phi) is 5.12. The first-order chi connectivity index (χ1) is 13.0. The van der Waals surface area contributed by atoms with Crippen LogP contribution in [0.1, 0.15) is 21.4 Å². The molecule has 7 heteroatoms. The Bertz CT molecular complexity index is 1160. The van der Waals surface area contributed by atoms with Crippen LogP contribution in [-0.2, 0) is 16.6 Å². The molecule has 1 atom stereocenters. The van der Waals surface area contributed by atoms with Gasteiger partial charge in [-0.1, -0.05) is 30.3 Å². The maximum Gasteiger partial charge on any atom is 0.240 e. The molecule has 0 spiro atoms. The first-order valence-corrected chi connectivity index (χ1v) is 11.5. The van der Waals surface area contributed by atoms with Crippen LogP contribution in [0.15, 0.2) is 76.3 Å². The number of fused-ring (bicyclic) bond motifs is 1. The van der Waals surface area contributed by atoms with Crippen molar-refractivity contribution in [2.45, 2.75) is 17.5 Å². The van der Waals surface area contributed by atoms with Gasteiger partial charge in [-0.2, -0.15) is 11.3 Å². The molecule has 4 aromatic rings. The van der Waals surface area contributed by atoms with E-state index in [9.17, 15) is 13.5 Å². The summed E-state index contributed by atoms with van der Waals surface area (Å²) in [6, 6.07) is 18.3. The van der Waals surface area contributed by atoms with Crippen molar-refractivity contribution < 1.29 is 13.5 Å². The van der Waals surface area contributed by atoms with Gasteiger partial charge in [0.1, 0.15) is 6.10 Å². The average Bonchev–Trinajstić information content (AvgIpc) is 3.37. The number of thiophene rings is 2. The van der Waals surface area contributed by atoms with Crippen LogP contribution < -0.4 is 4.72 Å². The summed E-state index contributed by atoms with van der Waals surface area (Å²) in [4.78, 5) is 1.90. The number of rotatable bonds is 6. The van der Waals surface area contributed by atoms with E-state index < -0.39 is 16.1 Å². The largest absolute Gasteiger partial charge is 0.383 e. The maximum absolute atomic E-state index is 12.6. The first-order valence-electron chi connectivity index (χ1n) is 8.30. The molecule has 0 fully saturated rings. The Balaban J connectivity index is 1.49. The number of hydrogen-bond donors (Lipinski definition) is 2. The van der Waals surface area contributed by atoms with Crippen LogP contribution in [0.2, 0.25) is 0 Å². The van der Waals surface area contributed by atoms with Gasteiger partial charge in [0.25, 0.3) is 0 Å². The van der Waals surface area contributed by atoms with Gasteiger partial charge in [0, 0.05) is 16.3 Å². The van der Waals surface area contributed by atoms with Crippen LogP contribution in [0.25, 0.3) is 10.8 Å². The van der Waals surface area contributed by atoms with E-state index >= 15 is 0 Å². The molecular weight excluding hydrogens is 398 g/mol. The third-order valence-electron chi connectivity index (χ3n) is 4.28. The van der Waals surface area contributed by atoms with Crippen molar-refractivity contribution in [3.63, 3.8) is 0 Å².